The van der Waals surface area contributed by atoms with Gasteiger partial charge in [-0.1, -0.05) is 0 Å². The molecule has 0 unspecified atom stereocenters. The van der Waals surface area contributed by atoms with Crippen molar-refractivity contribution in [2.24, 2.45) is 0 Å². The van der Waals surface area contributed by atoms with Gasteiger partial charge in [0.05, 0.1) is 0 Å². The molecular weight excluding hydrogens is 276 g/mol. The summed E-state index contributed by atoms with van der Waals surface area (Å²) in [5.41, 5.74) is 2.17. The molecule has 2 heteroatoms. The van der Waals surface area contributed by atoms with Gasteiger partial charge in [0.2, 0.25) is 0 Å². The standard InChI is InChI=1S/C11H14OTe/c1-9(12)11-5-3-10(4-6-11)7-8-13-2/h3-6H,7-8H2,1-2H3. The van der Waals surface area contributed by atoms with Crippen LogP contribution in [0.2, 0.25) is 9.44 Å². The van der Waals surface area contributed by atoms with Gasteiger partial charge in [-0.2, -0.15) is 0 Å². The van der Waals surface area contributed by atoms with Gasteiger partial charge in [0.25, 0.3) is 0 Å². The Hall–Kier alpha value is -0.320. The first kappa shape index (κ1) is 10.8. The molecule has 0 bridgehead atoms. The summed E-state index contributed by atoms with van der Waals surface area (Å²) in [4.78, 5) is 13.3. The number of Topliss-reactive ketones (excluding diaryl/α,β-unsaturated/α-hetero) is 1. The van der Waals surface area contributed by atoms with Crippen molar-refractivity contribution in [1.29, 1.82) is 0 Å². The average molecular weight is 290 g/mol. The summed E-state index contributed by atoms with van der Waals surface area (Å²) in [7, 11) is 0. The van der Waals surface area contributed by atoms with E-state index >= 15 is 0 Å². The summed E-state index contributed by atoms with van der Waals surface area (Å²) in [6.07, 6.45) is 1.18. The zero-order valence-electron chi connectivity index (χ0n) is 8.04. The second-order valence-corrected chi connectivity index (χ2v) is 5.81. The van der Waals surface area contributed by atoms with Crippen molar-refractivity contribution in [3.05, 3.63) is 35.4 Å². The fraction of sp³-hybridized carbons (Fsp3) is 0.364. The number of carbonyl (C=O) groups is 1. The number of benzene rings is 1. The van der Waals surface area contributed by atoms with Crippen molar-refractivity contribution in [2.75, 3.05) is 0 Å². The molecule has 70 valence electrons. The zero-order valence-corrected chi connectivity index (χ0v) is 10.4. The molecule has 0 amide bonds. The number of carbonyl (C=O) groups excluding carboxylic acids is 1. The molecule has 1 nitrogen and oxygen atoms in total. The van der Waals surface area contributed by atoms with Gasteiger partial charge in [0.1, 0.15) is 0 Å². The fourth-order valence-electron chi connectivity index (χ4n) is 1.13. The van der Waals surface area contributed by atoms with Gasteiger partial charge >= 0.3 is 89.7 Å². The van der Waals surface area contributed by atoms with Crippen molar-refractivity contribution in [3.63, 3.8) is 0 Å². The van der Waals surface area contributed by atoms with E-state index in [0.29, 0.717) is 0 Å². The second kappa shape index (κ2) is 5.42. The van der Waals surface area contributed by atoms with Gasteiger partial charge in [-0.15, -0.1) is 0 Å². The first-order valence-electron chi connectivity index (χ1n) is 4.33. The molecule has 0 saturated carbocycles. The molecular formula is C11H14OTe. The molecule has 1 rings (SSSR count). The van der Waals surface area contributed by atoms with E-state index in [9.17, 15) is 4.79 Å². The van der Waals surface area contributed by atoms with Crippen LogP contribution in [0.5, 0.6) is 0 Å². The number of ketones is 1. The predicted octanol–water partition coefficient (Wildman–Crippen LogP) is 2.60. The van der Waals surface area contributed by atoms with E-state index in [-0.39, 0.29) is 26.7 Å². The topological polar surface area (TPSA) is 17.1 Å². The van der Waals surface area contributed by atoms with Crippen LogP contribution in [0.3, 0.4) is 0 Å². The quantitative estimate of drug-likeness (QED) is 0.615. The first-order valence-corrected chi connectivity index (χ1v) is 8.30. The Morgan fingerprint density at radius 3 is 2.38 bits per heavy atom. The minimum absolute atomic E-state index is 0.149. The molecule has 0 aromatic heterocycles. The summed E-state index contributed by atoms with van der Waals surface area (Å²) in [6, 6.07) is 7.99. The summed E-state index contributed by atoms with van der Waals surface area (Å²) in [5, 5.41) is 0. The van der Waals surface area contributed by atoms with E-state index in [1.54, 1.807) is 6.92 Å². The van der Waals surface area contributed by atoms with E-state index in [1.165, 1.54) is 16.5 Å². The average Bonchev–Trinajstić information content (AvgIpc) is 2.15. The van der Waals surface area contributed by atoms with Crippen molar-refractivity contribution in [3.8, 4) is 0 Å². The molecule has 0 aliphatic carbocycles. The number of hydrogen-bond donors (Lipinski definition) is 0. The minimum atomic E-state index is 0.149. The van der Waals surface area contributed by atoms with E-state index in [0.717, 1.165) is 5.56 Å². The molecule has 0 radical (unpaired) electrons. The van der Waals surface area contributed by atoms with Crippen LogP contribution in [0.25, 0.3) is 0 Å². The maximum absolute atomic E-state index is 11.0. The Balaban J connectivity index is 2.64. The summed E-state index contributed by atoms with van der Waals surface area (Å²) < 4.78 is 1.35. The van der Waals surface area contributed by atoms with Crippen molar-refractivity contribution >= 4 is 26.7 Å². The molecule has 13 heavy (non-hydrogen) atoms. The van der Waals surface area contributed by atoms with Crippen LogP contribution in [0, 0.1) is 0 Å². The number of aryl methyl sites for hydroxylation is 1. The molecule has 1 aromatic rings. The van der Waals surface area contributed by atoms with Crippen LogP contribution < -0.4 is 0 Å². The van der Waals surface area contributed by atoms with Gasteiger partial charge in [-0.25, -0.2) is 0 Å². The molecule has 0 fully saturated rings. The monoisotopic (exact) mass is 292 g/mol. The molecule has 0 heterocycles. The van der Waals surface area contributed by atoms with Crippen LogP contribution in [0.4, 0.5) is 0 Å². The van der Waals surface area contributed by atoms with E-state index < -0.39 is 0 Å². The van der Waals surface area contributed by atoms with Gasteiger partial charge in [-0.3, -0.25) is 0 Å². The zero-order chi connectivity index (χ0) is 9.68. The van der Waals surface area contributed by atoms with E-state index in [1.807, 2.05) is 12.1 Å². The predicted molar refractivity (Wildman–Crippen MR) is 56.6 cm³/mol. The summed E-state index contributed by atoms with van der Waals surface area (Å²) in [6.45, 7) is 1.60. The number of hydrogen-bond acceptors (Lipinski definition) is 1. The maximum atomic E-state index is 11.0. The third-order valence-electron chi connectivity index (χ3n) is 1.96. The molecule has 1 aromatic carbocycles. The van der Waals surface area contributed by atoms with Crippen molar-refractivity contribution in [2.45, 2.75) is 22.8 Å². The molecule has 0 atom stereocenters. The SMILES string of the molecule is C[Te]CCc1ccc(C(C)=O)cc1. The fourth-order valence-corrected chi connectivity index (χ4v) is 2.38. The third-order valence-corrected chi connectivity index (χ3v) is 3.70. The Bertz CT molecular complexity index is 277. The van der Waals surface area contributed by atoms with Crippen LogP contribution in [0.1, 0.15) is 22.8 Å². The third kappa shape index (κ3) is 3.50. The van der Waals surface area contributed by atoms with Gasteiger partial charge in [-0.05, 0) is 0 Å². The normalized spacial score (nSPS) is 10.0. The van der Waals surface area contributed by atoms with Crippen LogP contribution in [-0.4, -0.2) is 26.7 Å². The van der Waals surface area contributed by atoms with Gasteiger partial charge in [0.15, 0.2) is 0 Å². The van der Waals surface area contributed by atoms with Crippen LogP contribution in [0.15, 0.2) is 24.3 Å². The van der Waals surface area contributed by atoms with Gasteiger partial charge in [0, 0.05) is 0 Å². The molecule has 0 spiro atoms. The number of rotatable bonds is 4. The van der Waals surface area contributed by atoms with Crippen LogP contribution >= 0.6 is 0 Å². The second-order valence-electron chi connectivity index (χ2n) is 3.00. The molecule has 0 N–H and O–H groups in total. The Morgan fingerprint density at radius 2 is 1.92 bits per heavy atom. The Kier molecular flexibility index (Phi) is 4.48. The summed E-state index contributed by atoms with van der Waals surface area (Å²) in [5.74, 6) is 0.149. The first-order chi connectivity index (χ1) is 6.24. The van der Waals surface area contributed by atoms with Gasteiger partial charge < -0.3 is 0 Å². The van der Waals surface area contributed by atoms with E-state index in [4.69, 9.17) is 0 Å². The van der Waals surface area contributed by atoms with Crippen LogP contribution in [-0.2, 0) is 6.42 Å². The Morgan fingerprint density at radius 1 is 1.31 bits per heavy atom. The Labute approximate surface area is 89.6 Å². The summed E-state index contributed by atoms with van der Waals surface area (Å²) >= 11 is 0.244. The van der Waals surface area contributed by atoms with Crippen molar-refractivity contribution < 1.29 is 4.79 Å². The van der Waals surface area contributed by atoms with E-state index in [2.05, 4.69) is 17.1 Å². The molecule has 0 aliphatic rings. The van der Waals surface area contributed by atoms with Crippen molar-refractivity contribution in [1.82, 2.24) is 0 Å². The molecule has 0 saturated heterocycles. The molecule has 0 aliphatic heterocycles.